The van der Waals surface area contributed by atoms with E-state index in [1.807, 2.05) is 0 Å². The predicted molar refractivity (Wildman–Crippen MR) is 95.3 cm³/mol. The van der Waals surface area contributed by atoms with Crippen molar-refractivity contribution in [2.45, 2.75) is 77.5 Å². The highest BCUT2D eigenvalue weighted by Gasteiger charge is 2.37. The zero-order chi connectivity index (χ0) is 15.2. The van der Waals surface area contributed by atoms with Crippen LogP contribution in [0.2, 0.25) is 0 Å². The van der Waals surface area contributed by atoms with Crippen molar-refractivity contribution in [3.63, 3.8) is 0 Å². The van der Waals surface area contributed by atoms with Crippen molar-refractivity contribution in [1.29, 1.82) is 0 Å². The lowest BCUT2D eigenvalue weighted by atomic mass is 10.1. The average molecular weight is 292 g/mol. The third-order valence-corrected chi connectivity index (χ3v) is 9.20. The fourth-order valence-corrected chi connectivity index (χ4v) is 6.98. The van der Waals surface area contributed by atoms with Gasteiger partial charge < -0.3 is 0 Å². The van der Waals surface area contributed by atoms with Gasteiger partial charge in [0.2, 0.25) is 0 Å². The van der Waals surface area contributed by atoms with Crippen LogP contribution < -0.4 is 0 Å². The van der Waals surface area contributed by atoms with E-state index in [4.69, 9.17) is 0 Å². The summed E-state index contributed by atoms with van der Waals surface area (Å²) in [5, 5.41) is 1.01. The minimum Gasteiger partial charge on any atom is -0.0951 e. The Morgan fingerprint density at radius 1 is 0.850 bits per heavy atom. The number of aryl methyl sites for hydroxylation is 1. The topological polar surface area (TPSA) is 0 Å². The van der Waals surface area contributed by atoms with Crippen molar-refractivity contribution < 1.29 is 0 Å². The summed E-state index contributed by atoms with van der Waals surface area (Å²) >= 11 is 0. The number of hydrogen-bond acceptors (Lipinski definition) is 0. The SMILES string of the molecule is CCC(C)(C)P(CCCc1ccccc1)C(C)(C)CC. The Bertz CT molecular complexity index is 362. The lowest BCUT2D eigenvalue weighted by Crippen LogP contribution is -2.30. The molecule has 114 valence electrons. The van der Waals surface area contributed by atoms with Crippen molar-refractivity contribution in [1.82, 2.24) is 0 Å². The summed E-state index contributed by atoms with van der Waals surface area (Å²) in [6.45, 7) is 14.7. The molecule has 0 bridgehead atoms. The molecule has 0 nitrogen and oxygen atoms in total. The van der Waals surface area contributed by atoms with Gasteiger partial charge in [0.15, 0.2) is 0 Å². The number of rotatable bonds is 8. The molecule has 0 saturated heterocycles. The summed E-state index contributed by atoms with van der Waals surface area (Å²) in [4.78, 5) is 0. The van der Waals surface area contributed by atoms with E-state index < -0.39 is 0 Å². The summed E-state index contributed by atoms with van der Waals surface area (Å²) in [7, 11) is 0.0564. The van der Waals surface area contributed by atoms with Gasteiger partial charge in [0.25, 0.3) is 0 Å². The normalized spacial score (nSPS) is 12.9. The fraction of sp³-hybridized carbons (Fsp3) is 0.684. The van der Waals surface area contributed by atoms with Crippen molar-refractivity contribution in [2.75, 3.05) is 6.16 Å². The highest BCUT2D eigenvalue weighted by molar-refractivity contribution is 7.60. The Kier molecular flexibility index (Phi) is 6.73. The first-order valence-electron chi connectivity index (χ1n) is 8.15. The summed E-state index contributed by atoms with van der Waals surface area (Å²) in [6.07, 6.45) is 6.58. The Balaban J connectivity index is 2.67. The summed E-state index contributed by atoms with van der Waals surface area (Å²) in [6, 6.07) is 10.9. The zero-order valence-corrected chi connectivity index (χ0v) is 15.3. The molecular weight excluding hydrogens is 259 g/mol. The first-order valence-corrected chi connectivity index (χ1v) is 9.68. The molecule has 0 radical (unpaired) electrons. The lowest BCUT2D eigenvalue weighted by Gasteiger charge is -2.45. The molecule has 0 aromatic heterocycles. The van der Waals surface area contributed by atoms with Crippen LogP contribution in [0.15, 0.2) is 30.3 Å². The fourth-order valence-electron chi connectivity index (χ4n) is 2.89. The number of hydrogen-bond donors (Lipinski definition) is 0. The molecule has 0 atom stereocenters. The van der Waals surface area contributed by atoms with Crippen LogP contribution in [0.25, 0.3) is 0 Å². The molecule has 0 fully saturated rings. The molecule has 0 amide bonds. The van der Waals surface area contributed by atoms with Crippen LogP contribution in [0.3, 0.4) is 0 Å². The maximum atomic E-state index is 2.48. The van der Waals surface area contributed by atoms with E-state index in [0.717, 1.165) is 0 Å². The highest BCUT2D eigenvalue weighted by atomic mass is 31.1. The first-order chi connectivity index (χ1) is 9.33. The van der Waals surface area contributed by atoms with Crippen LogP contribution in [0.1, 0.15) is 66.4 Å². The van der Waals surface area contributed by atoms with Crippen molar-refractivity contribution >= 4 is 7.92 Å². The molecule has 0 unspecified atom stereocenters. The zero-order valence-electron chi connectivity index (χ0n) is 14.4. The molecule has 0 aliphatic heterocycles. The minimum atomic E-state index is 0.0564. The third kappa shape index (κ3) is 4.88. The number of benzene rings is 1. The van der Waals surface area contributed by atoms with E-state index in [2.05, 4.69) is 71.9 Å². The Morgan fingerprint density at radius 2 is 1.35 bits per heavy atom. The molecule has 0 aliphatic rings. The van der Waals surface area contributed by atoms with Gasteiger partial charge >= 0.3 is 0 Å². The van der Waals surface area contributed by atoms with Crippen molar-refractivity contribution in [2.24, 2.45) is 0 Å². The molecule has 0 aliphatic carbocycles. The third-order valence-electron chi connectivity index (χ3n) is 4.88. The molecular formula is C19H33P. The second-order valence-corrected chi connectivity index (χ2v) is 10.8. The van der Waals surface area contributed by atoms with Crippen LogP contribution in [0.5, 0.6) is 0 Å². The second kappa shape index (κ2) is 7.60. The quantitative estimate of drug-likeness (QED) is 0.481. The van der Waals surface area contributed by atoms with E-state index in [-0.39, 0.29) is 7.92 Å². The molecule has 1 rings (SSSR count). The van der Waals surface area contributed by atoms with E-state index in [0.29, 0.717) is 10.3 Å². The molecule has 1 aromatic carbocycles. The standard InChI is InChI=1S/C19H33P/c1-7-18(3,4)20(19(5,6)8-2)16-12-15-17-13-10-9-11-14-17/h9-11,13-14H,7-8,12,15-16H2,1-6H3. The Morgan fingerprint density at radius 3 is 1.80 bits per heavy atom. The molecule has 0 heterocycles. The maximum absolute atomic E-state index is 2.48. The summed E-state index contributed by atoms with van der Waals surface area (Å²) < 4.78 is 0. The molecule has 0 spiro atoms. The van der Waals surface area contributed by atoms with E-state index in [1.54, 1.807) is 0 Å². The van der Waals surface area contributed by atoms with Gasteiger partial charge in [-0.25, -0.2) is 0 Å². The van der Waals surface area contributed by atoms with Crippen LogP contribution in [0, 0.1) is 0 Å². The van der Waals surface area contributed by atoms with Gasteiger partial charge in [-0.2, -0.15) is 0 Å². The van der Waals surface area contributed by atoms with Crippen LogP contribution in [-0.4, -0.2) is 16.5 Å². The van der Waals surface area contributed by atoms with E-state index in [1.165, 1.54) is 37.4 Å². The van der Waals surface area contributed by atoms with Gasteiger partial charge in [-0.3, -0.25) is 0 Å². The highest BCUT2D eigenvalue weighted by Crippen LogP contribution is 2.62. The maximum Gasteiger partial charge on any atom is -0.0149 e. The van der Waals surface area contributed by atoms with Crippen molar-refractivity contribution in [3.8, 4) is 0 Å². The van der Waals surface area contributed by atoms with Crippen molar-refractivity contribution in [3.05, 3.63) is 35.9 Å². The minimum absolute atomic E-state index is 0.0564. The smallest absolute Gasteiger partial charge is 0.0149 e. The summed E-state index contributed by atoms with van der Waals surface area (Å²) in [5.41, 5.74) is 1.49. The largest absolute Gasteiger partial charge is 0.0951 e. The molecule has 0 saturated carbocycles. The Hall–Kier alpha value is -0.350. The Labute approximate surface area is 128 Å². The molecule has 1 aromatic rings. The van der Waals surface area contributed by atoms with Gasteiger partial charge in [0.1, 0.15) is 0 Å². The predicted octanol–water partition coefficient (Wildman–Crippen LogP) is 6.48. The van der Waals surface area contributed by atoms with Gasteiger partial charge in [-0.15, -0.1) is 0 Å². The van der Waals surface area contributed by atoms with Gasteiger partial charge in [0, 0.05) is 0 Å². The van der Waals surface area contributed by atoms with E-state index in [9.17, 15) is 0 Å². The molecule has 1 heteroatoms. The lowest BCUT2D eigenvalue weighted by molar-refractivity contribution is 0.599. The molecule has 20 heavy (non-hydrogen) atoms. The van der Waals surface area contributed by atoms with Crippen LogP contribution in [-0.2, 0) is 6.42 Å². The van der Waals surface area contributed by atoms with Gasteiger partial charge in [0.05, 0.1) is 0 Å². The first kappa shape index (κ1) is 17.7. The van der Waals surface area contributed by atoms with Gasteiger partial charge in [-0.1, -0.05) is 79.8 Å². The van der Waals surface area contributed by atoms with E-state index >= 15 is 0 Å². The van der Waals surface area contributed by atoms with Crippen LogP contribution >= 0.6 is 7.92 Å². The monoisotopic (exact) mass is 292 g/mol. The van der Waals surface area contributed by atoms with Gasteiger partial charge in [-0.05, 0) is 47.7 Å². The van der Waals surface area contributed by atoms with Crippen LogP contribution in [0.4, 0.5) is 0 Å². The second-order valence-electron chi connectivity index (χ2n) is 7.07. The average Bonchev–Trinajstić information content (AvgIpc) is 2.44. The molecule has 0 N–H and O–H groups in total. The summed E-state index contributed by atoms with van der Waals surface area (Å²) in [5.74, 6) is 0.